The summed E-state index contributed by atoms with van der Waals surface area (Å²) >= 11 is 0. The topological polar surface area (TPSA) is 76.7 Å². The maximum atomic E-state index is 12.7. The molecule has 1 amide bonds. The van der Waals surface area contributed by atoms with Gasteiger partial charge in [-0.3, -0.25) is 9.59 Å². The molecule has 0 bridgehead atoms. The Morgan fingerprint density at radius 1 is 1.23 bits per heavy atom. The third-order valence-corrected chi connectivity index (χ3v) is 4.67. The second-order valence-corrected chi connectivity index (χ2v) is 6.30. The number of hydrogen-bond donors (Lipinski definition) is 2. The molecule has 1 aromatic rings. The van der Waals surface area contributed by atoms with Crippen LogP contribution in [0.15, 0.2) is 30.3 Å². The predicted molar refractivity (Wildman–Crippen MR) is 102 cm³/mol. The van der Waals surface area contributed by atoms with E-state index in [1.165, 1.54) is 0 Å². The first-order valence-electron chi connectivity index (χ1n) is 8.86. The molecule has 1 aliphatic heterocycles. The molecule has 0 spiro atoms. The van der Waals surface area contributed by atoms with Gasteiger partial charge in [-0.2, -0.15) is 0 Å². The van der Waals surface area contributed by atoms with Gasteiger partial charge in [0.05, 0.1) is 12.5 Å². The summed E-state index contributed by atoms with van der Waals surface area (Å²) in [6.45, 7) is 3.83. The molecule has 0 aliphatic carbocycles. The van der Waals surface area contributed by atoms with E-state index < -0.39 is 11.5 Å². The third kappa shape index (κ3) is 5.97. The van der Waals surface area contributed by atoms with E-state index in [0.29, 0.717) is 25.9 Å². The van der Waals surface area contributed by atoms with Crippen molar-refractivity contribution >= 4 is 24.3 Å². The summed E-state index contributed by atoms with van der Waals surface area (Å²) in [6.07, 6.45) is 1.78. The van der Waals surface area contributed by atoms with Gasteiger partial charge in [-0.25, -0.2) is 0 Å². The van der Waals surface area contributed by atoms with Gasteiger partial charge in [-0.15, -0.1) is 12.4 Å². The number of ether oxygens (including phenoxy) is 2. The van der Waals surface area contributed by atoms with Crippen molar-refractivity contribution in [3.8, 4) is 0 Å². The van der Waals surface area contributed by atoms with Crippen LogP contribution >= 0.6 is 12.4 Å². The number of carbonyl (C=O) groups excluding carboxylic acids is 2. The highest BCUT2D eigenvalue weighted by atomic mass is 35.5. The Kier molecular flexibility index (Phi) is 9.62. The van der Waals surface area contributed by atoms with Gasteiger partial charge in [0.1, 0.15) is 5.60 Å². The second kappa shape index (κ2) is 11.2. The molecule has 0 saturated carbocycles. The van der Waals surface area contributed by atoms with Gasteiger partial charge in [-0.05, 0) is 44.8 Å². The number of benzene rings is 1. The van der Waals surface area contributed by atoms with E-state index in [1.807, 2.05) is 30.3 Å². The van der Waals surface area contributed by atoms with Crippen molar-refractivity contribution in [3.05, 3.63) is 35.9 Å². The molecule has 1 unspecified atom stereocenters. The van der Waals surface area contributed by atoms with Gasteiger partial charge < -0.3 is 20.1 Å². The number of hydrogen-bond acceptors (Lipinski definition) is 5. The van der Waals surface area contributed by atoms with Crippen molar-refractivity contribution in [3.63, 3.8) is 0 Å². The summed E-state index contributed by atoms with van der Waals surface area (Å²) in [5.41, 5.74) is 0.232. The summed E-state index contributed by atoms with van der Waals surface area (Å²) in [6, 6.07) is 9.75. The molecule has 26 heavy (non-hydrogen) atoms. The van der Waals surface area contributed by atoms with Crippen LogP contribution in [0.2, 0.25) is 0 Å². The predicted octanol–water partition coefficient (Wildman–Crippen LogP) is 1.72. The highest BCUT2D eigenvalue weighted by molar-refractivity contribution is 5.86. The monoisotopic (exact) mass is 384 g/mol. The molecule has 1 saturated heterocycles. The quantitative estimate of drug-likeness (QED) is 0.667. The molecule has 0 radical (unpaired) electrons. The Bertz CT molecular complexity index is 562. The van der Waals surface area contributed by atoms with Crippen LogP contribution < -0.4 is 10.6 Å². The number of methoxy groups -OCH3 is 1. The van der Waals surface area contributed by atoms with Crippen molar-refractivity contribution in [1.29, 1.82) is 0 Å². The number of nitrogens with one attached hydrogen (secondary N) is 2. The van der Waals surface area contributed by atoms with Gasteiger partial charge in [0, 0.05) is 13.7 Å². The van der Waals surface area contributed by atoms with E-state index in [-0.39, 0.29) is 30.8 Å². The fourth-order valence-corrected chi connectivity index (χ4v) is 3.13. The summed E-state index contributed by atoms with van der Waals surface area (Å²) in [5, 5.41) is 6.14. The normalized spacial score (nSPS) is 16.8. The maximum Gasteiger partial charge on any atom is 0.311 e. The maximum absolute atomic E-state index is 12.7. The first kappa shape index (κ1) is 22.4. The lowest BCUT2D eigenvalue weighted by Gasteiger charge is -2.35. The standard InChI is InChI=1S/C19H28N2O4.ClH/c1-3-25-17(22)16(13-15-7-5-4-6-8-15)14-21-18(23)19(24-2)9-11-20-12-10-19;/h4-8,16,20H,3,9-14H2,1-2H3,(H,21,23);1H. The third-order valence-electron chi connectivity index (χ3n) is 4.67. The van der Waals surface area contributed by atoms with Crippen LogP contribution in [-0.2, 0) is 25.5 Å². The van der Waals surface area contributed by atoms with Crippen molar-refractivity contribution in [1.82, 2.24) is 10.6 Å². The van der Waals surface area contributed by atoms with Crippen LogP contribution in [0, 0.1) is 5.92 Å². The highest BCUT2D eigenvalue weighted by Crippen LogP contribution is 2.22. The van der Waals surface area contributed by atoms with E-state index in [4.69, 9.17) is 9.47 Å². The summed E-state index contributed by atoms with van der Waals surface area (Å²) in [5.74, 6) is -0.857. The number of carbonyl (C=O) groups is 2. The van der Waals surface area contributed by atoms with Crippen LogP contribution in [0.25, 0.3) is 0 Å². The fraction of sp³-hybridized carbons (Fsp3) is 0.579. The van der Waals surface area contributed by atoms with Crippen LogP contribution in [0.4, 0.5) is 0 Å². The molecule has 1 aliphatic rings. The van der Waals surface area contributed by atoms with Crippen molar-refractivity contribution in [2.75, 3.05) is 33.4 Å². The van der Waals surface area contributed by atoms with E-state index in [1.54, 1.807) is 14.0 Å². The summed E-state index contributed by atoms with van der Waals surface area (Å²) in [7, 11) is 1.57. The van der Waals surface area contributed by atoms with Gasteiger partial charge >= 0.3 is 5.97 Å². The van der Waals surface area contributed by atoms with E-state index in [2.05, 4.69) is 10.6 Å². The fourth-order valence-electron chi connectivity index (χ4n) is 3.13. The Morgan fingerprint density at radius 3 is 2.46 bits per heavy atom. The molecule has 1 heterocycles. The smallest absolute Gasteiger partial charge is 0.311 e. The van der Waals surface area contributed by atoms with Crippen LogP contribution in [-0.4, -0.2) is 50.8 Å². The van der Waals surface area contributed by atoms with E-state index in [9.17, 15) is 9.59 Å². The lowest BCUT2D eigenvalue weighted by atomic mass is 9.90. The van der Waals surface area contributed by atoms with Crippen molar-refractivity contribution < 1.29 is 19.1 Å². The van der Waals surface area contributed by atoms with Gasteiger partial charge in [0.15, 0.2) is 0 Å². The SMILES string of the molecule is CCOC(=O)C(CNC(=O)C1(OC)CCNCC1)Cc1ccccc1.Cl. The van der Waals surface area contributed by atoms with E-state index >= 15 is 0 Å². The molecule has 1 atom stereocenters. The Hall–Kier alpha value is -1.63. The average molecular weight is 385 g/mol. The minimum Gasteiger partial charge on any atom is -0.466 e. The lowest BCUT2D eigenvalue weighted by molar-refractivity contribution is -0.150. The Morgan fingerprint density at radius 2 is 1.88 bits per heavy atom. The lowest BCUT2D eigenvalue weighted by Crippen LogP contribution is -2.55. The molecule has 1 aromatic carbocycles. The Balaban J connectivity index is 0.00000338. The van der Waals surface area contributed by atoms with Crippen molar-refractivity contribution in [2.45, 2.75) is 31.8 Å². The number of rotatable bonds is 8. The number of halogens is 1. The molecule has 6 nitrogen and oxygen atoms in total. The molecule has 2 N–H and O–H groups in total. The minimum atomic E-state index is -0.808. The summed E-state index contributed by atoms with van der Waals surface area (Å²) < 4.78 is 10.7. The summed E-state index contributed by atoms with van der Waals surface area (Å²) in [4.78, 5) is 24.9. The zero-order valence-electron chi connectivity index (χ0n) is 15.5. The molecular weight excluding hydrogens is 356 g/mol. The first-order chi connectivity index (χ1) is 12.1. The van der Waals surface area contributed by atoms with Crippen molar-refractivity contribution in [2.24, 2.45) is 5.92 Å². The number of piperidine rings is 1. The van der Waals surface area contributed by atoms with Crippen LogP contribution in [0.3, 0.4) is 0 Å². The molecule has 7 heteroatoms. The molecule has 146 valence electrons. The van der Waals surface area contributed by atoms with Crippen LogP contribution in [0.5, 0.6) is 0 Å². The number of esters is 1. The number of amides is 1. The Labute approximate surface area is 161 Å². The zero-order chi connectivity index (χ0) is 18.1. The van der Waals surface area contributed by atoms with Crippen LogP contribution in [0.1, 0.15) is 25.3 Å². The van der Waals surface area contributed by atoms with Gasteiger partial charge in [0.2, 0.25) is 0 Å². The molecule has 0 aromatic heterocycles. The molecule has 1 fully saturated rings. The van der Waals surface area contributed by atoms with Gasteiger partial charge in [-0.1, -0.05) is 30.3 Å². The largest absolute Gasteiger partial charge is 0.466 e. The zero-order valence-corrected chi connectivity index (χ0v) is 16.3. The first-order valence-corrected chi connectivity index (χ1v) is 8.86. The highest BCUT2D eigenvalue weighted by Gasteiger charge is 2.40. The van der Waals surface area contributed by atoms with E-state index in [0.717, 1.165) is 18.7 Å². The molecular formula is C19H29ClN2O4. The molecule has 2 rings (SSSR count). The average Bonchev–Trinajstić information content (AvgIpc) is 2.66. The van der Waals surface area contributed by atoms with Gasteiger partial charge in [0.25, 0.3) is 5.91 Å². The minimum absolute atomic E-state index is 0. The second-order valence-electron chi connectivity index (χ2n) is 6.30.